The first kappa shape index (κ1) is 12.5. The number of rotatable bonds is 4. The topological polar surface area (TPSA) is 93.0 Å². The standard InChI is InChI=1S/C12H16N4O2/c1-7-14-10-4-3-8(5-11(10)15-7)16-12(17)9(13)6-18-2/h3-5,9H,6,13H2,1-2H3,(H,14,15)(H,16,17). The van der Waals surface area contributed by atoms with E-state index in [4.69, 9.17) is 10.5 Å². The summed E-state index contributed by atoms with van der Waals surface area (Å²) in [6, 6.07) is 4.79. The highest BCUT2D eigenvalue weighted by Gasteiger charge is 2.13. The summed E-state index contributed by atoms with van der Waals surface area (Å²) in [6.07, 6.45) is 0. The number of carbonyl (C=O) groups is 1. The highest BCUT2D eigenvalue weighted by Crippen LogP contribution is 2.17. The second kappa shape index (κ2) is 5.16. The molecule has 0 radical (unpaired) electrons. The van der Waals surface area contributed by atoms with Crippen LogP contribution in [0.5, 0.6) is 0 Å². The van der Waals surface area contributed by atoms with Gasteiger partial charge < -0.3 is 20.8 Å². The molecule has 4 N–H and O–H groups in total. The molecule has 0 aliphatic rings. The highest BCUT2D eigenvalue weighted by atomic mass is 16.5. The van der Waals surface area contributed by atoms with Crippen molar-refractivity contribution in [3.63, 3.8) is 0 Å². The lowest BCUT2D eigenvalue weighted by Crippen LogP contribution is -2.39. The van der Waals surface area contributed by atoms with Crippen LogP contribution in [-0.2, 0) is 9.53 Å². The number of benzene rings is 1. The van der Waals surface area contributed by atoms with E-state index in [2.05, 4.69) is 15.3 Å². The van der Waals surface area contributed by atoms with Crippen molar-refractivity contribution >= 4 is 22.6 Å². The number of fused-ring (bicyclic) bond motifs is 1. The van der Waals surface area contributed by atoms with Gasteiger partial charge in [0, 0.05) is 12.8 Å². The lowest BCUT2D eigenvalue weighted by molar-refractivity contribution is -0.118. The second-order valence-corrected chi connectivity index (χ2v) is 4.11. The molecule has 0 saturated carbocycles. The largest absolute Gasteiger partial charge is 0.383 e. The Morgan fingerprint density at radius 3 is 3.11 bits per heavy atom. The predicted molar refractivity (Wildman–Crippen MR) is 69.3 cm³/mol. The first-order valence-electron chi connectivity index (χ1n) is 5.62. The van der Waals surface area contributed by atoms with Crippen LogP contribution in [0.2, 0.25) is 0 Å². The summed E-state index contributed by atoms with van der Waals surface area (Å²) in [5, 5.41) is 2.74. The van der Waals surface area contributed by atoms with Crippen LogP contribution in [0, 0.1) is 6.92 Å². The minimum Gasteiger partial charge on any atom is -0.383 e. The molecule has 2 aromatic rings. The number of aromatic amines is 1. The van der Waals surface area contributed by atoms with Gasteiger partial charge in [0.05, 0.1) is 17.6 Å². The van der Waals surface area contributed by atoms with Crippen LogP contribution in [0.4, 0.5) is 5.69 Å². The van der Waals surface area contributed by atoms with Gasteiger partial charge in [-0.3, -0.25) is 4.79 Å². The van der Waals surface area contributed by atoms with Crippen molar-refractivity contribution in [2.24, 2.45) is 5.73 Å². The molecule has 1 atom stereocenters. The number of nitrogens with zero attached hydrogens (tertiary/aromatic N) is 1. The fraction of sp³-hybridized carbons (Fsp3) is 0.333. The number of ether oxygens (including phenoxy) is 1. The van der Waals surface area contributed by atoms with Gasteiger partial charge in [-0.25, -0.2) is 4.98 Å². The fourth-order valence-corrected chi connectivity index (χ4v) is 1.71. The van der Waals surface area contributed by atoms with Crippen LogP contribution in [0.3, 0.4) is 0 Å². The fourth-order valence-electron chi connectivity index (χ4n) is 1.71. The predicted octanol–water partition coefficient (Wildman–Crippen LogP) is 0.784. The zero-order valence-electron chi connectivity index (χ0n) is 10.4. The Morgan fingerprint density at radius 2 is 2.39 bits per heavy atom. The molecule has 18 heavy (non-hydrogen) atoms. The molecule has 1 amide bonds. The molecule has 0 fully saturated rings. The summed E-state index contributed by atoms with van der Waals surface area (Å²) in [5.41, 5.74) is 8.07. The average molecular weight is 248 g/mol. The van der Waals surface area contributed by atoms with E-state index in [1.165, 1.54) is 7.11 Å². The molecule has 0 spiro atoms. The molecular formula is C12H16N4O2. The quantitative estimate of drug-likeness (QED) is 0.745. The van der Waals surface area contributed by atoms with E-state index >= 15 is 0 Å². The number of anilines is 1. The maximum atomic E-state index is 11.7. The Hall–Kier alpha value is -1.92. The minimum atomic E-state index is -0.672. The average Bonchev–Trinajstić information content (AvgIpc) is 2.68. The molecule has 0 aliphatic carbocycles. The summed E-state index contributed by atoms with van der Waals surface area (Å²) >= 11 is 0. The van der Waals surface area contributed by atoms with E-state index in [0.717, 1.165) is 16.9 Å². The zero-order valence-corrected chi connectivity index (χ0v) is 10.4. The van der Waals surface area contributed by atoms with Crippen molar-refractivity contribution in [3.05, 3.63) is 24.0 Å². The number of nitrogens with one attached hydrogen (secondary N) is 2. The maximum absolute atomic E-state index is 11.7. The van der Waals surface area contributed by atoms with Crippen LogP contribution < -0.4 is 11.1 Å². The van der Waals surface area contributed by atoms with Gasteiger partial charge in [-0.2, -0.15) is 0 Å². The molecule has 1 unspecified atom stereocenters. The molecule has 1 heterocycles. The Morgan fingerprint density at radius 1 is 1.61 bits per heavy atom. The van der Waals surface area contributed by atoms with E-state index in [0.29, 0.717) is 5.69 Å². The monoisotopic (exact) mass is 248 g/mol. The van der Waals surface area contributed by atoms with Gasteiger partial charge in [-0.05, 0) is 25.1 Å². The molecule has 0 bridgehead atoms. The van der Waals surface area contributed by atoms with E-state index < -0.39 is 6.04 Å². The Balaban J connectivity index is 2.14. The lowest BCUT2D eigenvalue weighted by atomic mass is 10.2. The van der Waals surface area contributed by atoms with Crippen LogP contribution in [0.1, 0.15) is 5.82 Å². The lowest BCUT2D eigenvalue weighted by Gasteiger charge is -2.11. The molecule has 6 nitrogen and oxygen atoms in total. The number of hydrogen-bond donors (Lipinski definition) is 3. The molecule has 96 valence electrons. The van der Waals surface area contributed by atoms with Crippen LogP contribution in [0.25, 0.3) is 11.0 Å². The van der Waals surface area contributed by atoms with E-state index in [-0.39, 0.29) is 12.5 Å². The van der Waals surface area contributed by atoms with Crippen molar-refractivity contribution in [3.8, 4) is 0 Å². The second-order valence-electron chi connectivity index (χ2n) is 4.11. The number of aryl methyl sites for hydroxylation is 1. The van der Waals surface area contributed by atoms with Gasteiger partial charge >= 0.3 is 0 Å². The number of H-pyrrole nitrogens is 1. The minimum absolute atomic E-state index is 0.192. The third-order valence-corrected chi connectivity index (χ3v) is 2.55. The zero-order chi connectivity index (χ0) is 13.1. The molecule has 6 heteroatoms. The Labute approximate surface area is 105 Å². The number of carbonyl (C=O) groups excluding carboxylic acids is 1. The highest BCUT2D eigenvalue weighted by molar-refractivity contribution is 5.96. The van der Waals surface area contributed by atoms with Gasteiger partial charge in [-0.15, -0.1) is 0 Å². The third-order valence-electron chi connectivity index (χ3n) is 2.55. The SMILES string of the molecule is COCC(N)C(=O)Nc1ccc2nc(C)[nH]c2c1. The van der Waals surface area contributed by atoms with Gasteiger partial charge in [-0.1, -0.05) is 0 Å². The van der Waals surface area contributed by atoms with Gasteiger partial charge in [0.25, 0.3) is 0 Å². The summed E-state index contributed by atoms with van der Waals surface area (Å²) in [5.74, 6) is 0.567. The maximum Gasteiger partial charge on any atom is 0.243 e. The number of hydrogen-bond acceptors (Lipinski definition) is 4. The number of imidazole rings is 1. The summed E-state index contributed by atoms with van der Waals surface area (Å²) in [4.78, 5) is 19.1. The van der Waals surface area contributed by atoms with E-state index in [1.807, 2.05) is 19.1 Å². The smallest absolute Gasteiger partial charge is 0.243 e. The van der Waals surface area contributed by atoms with Crippen LogP contribution >= 0.6 is 0 Å². The van der Waals surface area contributed by atoms with E-state index in [1.54, 1.807) is 6.07 Å². The van der Waals surface area contributed by atoms with Gasteiger partial charge in [0.1, 0.15) is 11.9 Å². The van der Waals surface area contributed by atoms with Crippen LogP contribution in [-0.4, -0.2) is 35.6 Å². The molecule has 0 aliphatic heterocycles. The Bertz CT molecular complexity index is 564. The Kier molecular flexibility index (Phi) is 3.59. The third kappa shape index (κ3) is 2.66. The number of nitrogens with two attached hydrogens (primary N) is 1. The van der Waals surface area contributed by atoms with Crippen molar-refractivity contribution in [2.45, 2.75) is 13.0 Å². The van der Waals surface area contributed by atoms with Gasteiger partial charge in [0.2, 0.25) is 5.91 Å². The van der Waals surface area contributed by atoms with Crippen molar-refractivity contribution in [1.29, 1.82) is 0 Å². The van der Waals surface area contributed by atoms with Crippen molar-refractivity contribution in [2.75, 3.05) is 19.0 Å². The summed E-state index contributed by atoms with van der Waals surface area (Å²) in [6.45, 7) is 2.07. The number of aromatic nitrogens is 2. The van der Waals surface area contributed by atoms with Crippen molar-refractivity contribution in [1.82, 2.24) is 9.97 Å². The first-order valence-corrected chi connectivity index (χ1v) is 5.62. The molecule has 1 aromatic heterocycles. The summed E-state index contributed by atoms with van der Waals surface area (Å²) in [7, 11) is 1.51. The molecule has 2 rings (SSSR count). The number of amides is 1. The van der Waals surface area contributed by atoms with Gasteiger partial charge in [0.15, 0.2) is 0 Å². The molecular weight excluding hydrogens is 232 g/mol. The molecule has 0 saturated heterocycles. The normalized spacial score (nSPS) is 12.6. The first-order chi connectivity index (χ1) is 8.60. The molecule has 1 aromatic carbocycles. The van der Waals surface area contributed by atoms with Crippen molar-refractivity contribution < 1.29 is 9.53 Å². The summed E-state index contributed by atoms with van der Waals surface area (Å²) < 4.78 is 4.83. The van der Waals surface area contributed by atoms with E-state index in [9.17, 15) is 4.79 Å². The number of methoxy groups -OCH3 is 1. The van der Waals surface area contributed by atoms with Crippen LogP contribution in [0.15, 0.2) is 18.2 Å².